The lowest BCUT2D eigenvalue weighted by atomic mass is 10.0. The van der Waals surface area contributed by atoms with Crippen LogP contribution < -0.4 is 9.64 Å². The second-order valence-corrected chi connectivity index (χ2v) is 7.72. The van der Waals surface area contributed by atoms with Crippen molar-refractivity contribution < 1.29 is 9.53 Å². The molecule has 0 aliphatic carbocycles. The molecule has 1 fully saturated rings. The van der Waals surface area contributed by atoms with Crippen molar-refractivity contribution >= 4 is 23.2 Å². The molecule has 2 aromatic rings. The number of halogens is 1. The fraction of sp³-hybridized carbons (Fsp3) is 0.409. The summed E-state index contributed by atoms with van der Waals surface area (Å²) in [6.07, 6.45) is 0. The molecular formula is C22H27ClN2O2. The predicted octanol–water partition coefficient (Wildman–Crippen LogP) is 4.50. The van der Waals surface area contributed by atoms with Gasteiger partial charge in [-0.3, -0.25) is 4.79 Å². The summed E-state index contributed by atoms with van der Waals surface area (Å²) in [6.45, 7) is 9.41. The van der Waals surface area contributed by atoms with Gasteiger partial charge in [0.2, 0.25) is 0 Å². The minimum absolute atomic E-state index is 0.0380. The molecule has 1 saturated heterocycles. The molecule has 2 aromatic carbocycles. The molecule has 1 aliphatic heterocycles. The first-order valence-corrected chi connectivity index (χ1v) is 9.84. The molecule has 0 N–H and O–H groups in total. The lowest BCUT2D eigenvalue weighted by Crippen LogP contribution is -2.50. The van der Waals surface area contributed by atoms with E-state index in [1.54, 1.807) is 0 Å². The van der Waals surface area contributed by atoms with E-state index in [0.29, 0.717) is 19.0 Å². The van der Waals surface area contributed by atoms with Gasteiger partial charge < -0.3 is 14.5 Å². The molecule has 0 radical (unpaired) electrons. The molecule has 5 heteroatoms. The van der Waals surface area contributed by atoms with E-state index in [9.17, 15) is 4.79 Å². The summed E-state index contributed by atoms with van der Waals surface area (Å²) in [4.78, 5) is 16.8. The van der Waals surface area contributed by atoms with Gasteiger partial charge in [0.1, 0.15) is 5.75 Å². The van der Waals surface area contributed by atoms with Crippen LogP contribution in [0.25, 0.3) is 0 Å². The van der Waals surface area contributed by atoms with E-state index in [0.717, 1.165) is 35.1 Å². The molecule has 1 heterocycles. The molecule has 27 heavy (non-hydrogen) atoms. The molecule has 1 aliphatic rings. The van der Waals surface area contributed by atoms with Gasteiger partial charge in [-0.25, -0.2) is 0 Å². The number of hydrogen-bond donors (Lipinski definition) is 0. The zero-order valence-electron chi connectivity index (χ0n) is 16.2. The Kier molecular flexibility index (Phi) is 6.27. The highest BCUT2D eigenvalue weighted by Crippen LogP contribution is 2.27. The van der Waals surface area contributed by atoms with Crippen molar-refractivity contribution in [1.82, 2.24) is 4.90 Å². The van der Waals surface area contributed by atoms with Crippen LogP contribution in [0, 0.1) is 6.92 Å². The van der Waals surface area contributed by atoms with E-state index in [4.69, 9.17) is 16.3 Å². The van der Waals surface area contributed by atoms with Crippen LogP contribution in [0.2, 0.25) is 5.02 Å². The topological polar surface area (TPSA) is 32.8 Å². The maximum atomic E-state index is 12.6. The monoisotopic (exact) mass is 386 g/mol. The van der Waals surface area contributed by atoms with E-state index in [1.807, 2.05) is 41.3 Å². The number of carbonyl (C=O) groups excluding carboxylic acids is 1. The number of aryl methyl sites for hydroxylation is 1. The number of amides is 1. The van der Waals surface area contributed by atoms with Gasteiger partial charge in [0, 0.05) is 36.9 Å². The predicted molar refractivity (Wildman–Crippen MR) is 111 cm³/mol. The average Bonchev–Trinajstić information content (AvgIpc) is 2.68. The number of hydrogen-bond acceptors (Lipinski definition) is 3. The molecule has 0 saturated carbocycles. The highest BCUT2D eigenvalue weighted by Gasteiger charge is 2.23. The van der Waals surface area contributed by atoms with Crippen LogP contribution in [0.4, 0.5) is 5.69 Å². The van der Waals surface area contributed by atoms with Crippen LogP contribution in [0.1, 0.15) is 30.9 Å². The Morgan fingerprint density at radius 3 is 2.52 bits per heavy atom. The zero-order valence-corrected chi connectivity index (χ0v) is 17.0. The van der Waals surface area contributed by atoms with Crippen molar-refractivity contribution in [1.29, 1.82) is 0 Å². The van der Waals surface area contributed by atoms with E-state index in [-0.39, 0.29) is 12.5 Å². The summed E-state index contributed by atoms with van der Waals surface area (Å²) in [5.41, 5.74) is 3.48. The van der Waals surface area contributed by atoms with Crippen molar-refractivity contribution in [3.8, 4) is 5.75 Å². The van der Waals surface area contributed by atoms with Gasteiger partial charge in [0.15, 0.2) is 6.61 Å². The van der Waals surface area contributed by atoms with Gasteiger partial charge in [0.05, 0.1) is 0 Å². The third-order valence-electron chi connectivity index (χ3n) is 5.04. The largest absolute Gasteiger partial charge is 0.483 e. The lowest BCUT2D eigenvalue weighted by Gasteiger charge is -2.36. The molecule has 0 atom stereocenters. The standard InChI is InChI=1S/C22H27ClN2O2/c1-16(2)19-6-4-5-7-21(19)27-15-22(26)25-12-10-24(11-13-25)20-14-18(23)9-8-17(20)3/h4-9,14,16H,10-13,15H2,1-3H3. The molecule has 0 bridgehead atoms. The number of ether oxygens (including phenoxy) is 1. The summed E-state index contributed by atoms with van der Waals surface area (Å²) < 4.78 is 5.84. The van der Waals surface area contributed by atoms with Gasteiger partial charge in [0.25, 0.3) is 5.91 Å². The SMILES string of the molecule is Cc1ccc(Cl)cc1N1CCN(C(=O)COc2ccccc2C(C)C)CC1. The van der Waals surface area contributed by atoms with E-state index in [2.05, 4.69) is 31.7 Å². The Morgan fingerprint density at radius 2 is 1.81 bits per heavy atom. The Bertz CT molecular complexity index is 799. The number of nitrogens with zero attached hydrogens (tertiary/aromatic N) is 2. The van der Waals surface area contributed by atoms with Gasteiger partial charge in [-0.1, -0.05) is 49.7 Å². The Balaban J connectivity index is 1.55. The van der Waals surface area contributed by atoms with Crippen LogP contribution in [-0.4, -0.2) is 43.6 Å². The van der Waals surface area contributed by atoms with E-state index in [1.165, 1.54) is 5.56 Å². The van der Waals surface area contributed by atoms with Crippen molar-refractivity contribution in [2.45, 2.75) is 26.7 Å². The molecule has 0 spiro atoms. The number of piperazine rings is 1. The van der Waals surface area contributed by atoms with Gasteiger partial charge in [-0.05, 0) is 42.2 Å². The van der Waals surface area contributed by atoms with Crippen LogP contribution >= 0.6 is 11.6 Å². The fourth-order valence-electron chi connectivity index (χ4n) is 3.44. The molecule has 0 aromatic heterocycles. The Hall–Kier alpha value is -2.20. The number of para-hydroxylation sites is 1. The molecular weight excluding hydrogens is 360 g/mol. The third-order valence-corrected chi connectivity index (χ3v) is 5.27. The lowest BCUT2D eigenvalue weighted by molar-refractivity contribution is -0.133. The second-order valence-electron chi connectivity index (χ2n) is 7.28. The summed E-state index contributed by atoms with van der Waals surface area (Å²) >= 11 is 6.14. The number of carbonyl (C=O) groups is 1. The summed E-state index contributed by atoms with van der Waals surface area (Å²) in [7, 11) is 0. The third kappa shape index (κ3) is 4.75. The Labute approximate surface area is 166 Å². The molecule has 4 nitrogen and oxygen atoms in total. The maximum Gasteiger partial charge on any atom is 0.260 e. The highest BCUT2D eigenvalue weighted by molar-refractivity contribution is 6.30. The van der Waals surface area contributed by atoms with Crippen LogP contribution in [0.5, 0.6) is 5.75 Å². The molecule has 1 amide bonds. The number of benzene rings is 2. The van der Waals surface area contributed by atoms with Gasteiger partial charge in [-0.2, -0.15) is 0 Å². The van der Waals surface area contributed by atoms with Crippen molar-refractivity contribution in [2.24, 2.45) is 0 Å². The van der Waals surface area contributed by atoms with Gasteiger partial charge >= 0.3 is 0 Å². The second kappa shape index (κ2) is 8.66. The minimum Gasteiger partial charge on any atom is -0.483 e. The maximum absolute atomic E-state index is 12.6. The average molecular weight is 387 g/mol. The normalized spacial score (nSPS) is 14.6. The van der Waals surface area contributed by atoms with Crippen LogP contribution in [0.3, 0.4) is 0 Å². The first kappa shape index (κ1) is 19.6. The molecule has 144 valence electrons. The summed E-state index contributed by atoms with van der Waals surface area (Å²) in [5, 5.41) is 0.742. The molecule has 0 unspecified atom stereocenters. The number of anilines is 1. The number of rotatable bonds is 5. The zero-order chi connectivity index (χ0) is 19.4. The Morgan fingerprint density at radius 1 is 1.11 bits per heavy atom. The smallest absolute Gasteiger partial charge is 0.260 e. The van der Waals surface area contributed by atoms with Gasteiger partial charge in [-0.15, -0.1) is 0 Å². The molecule has 3 rings (SSSR count). The fourth-order valence-corrected chi connectivity index (χ4v) is 3.61. The van der Waals surface area contributed by atoms with E-state index < -0.39 is 0 Å². The van der Waals surface area contributed by atoms with Crippen LogP contribution in [-0.2, 0) is 4.79 Å². The minimum atomic E-state index is 0.0380. The van der Waals surface area contributed by atoms with Crippen molar-refractivity contribution in [2.75, 3.05) is 37.7 Å². The highest BCUT2D eigenvalue weighted by atomic mass is 35.5. The van der Waals surface area contributed by atoms with E-state index >= 15 is 0 Å². The van der Waals surface area contributed by atoms with Crippen molar-refractivity contribution in [3.63, 3.8) is 0 Å². The summed E-state index contributed by atoms with van der Waals surface area (Å²) in [5.74, 6) is 1.20. The quantitative estimate of drug-likeness (QED) is 0.758. The van der Waals surface area contributed by atoms with Crippen LogP contribution in [0.15, 0.2) is 42.5 Å². The van der Waals surface area contributed by atoms with Crippen molar-refractivity contribution in [3.05, 3.63) is 58.6 Å². The first-order valence-electron chi connectivity index (χ1n) is 9.46. The first-order chi connectivity index (χ1) is 13.0. The summed E-state index contributed by atoms with van der Waals surface area (Å²) in [6, 6.07) is 13.9.